The van der Waals surface area contributed by atoms with Crippen molar-refractivity contribution in [2.45, 2.75) is 46.6 Å². The molecule has 5 nitrogen and oxygen atoms in total. The third-order valence-corrected chi connectivity index (χ3v) is 5.67. The minimum Gasteiger partial charge on any atom is -0.484 e. The number of amides is 1. The molecule has 0 saturated heterocycles. The van der Waals surface area contributed by atoms with Gasteiger partial charge in [-0.1, -0.05) is 30.3 Å². The highest BCUT2D eigenvalue weighted by Gasteiger charge is 2.16. The maximum Gasteiger partial charge on any atom is 0.262 e. The van der Waals surface area contributed by atoms with Gasteiger partial charge >= 0.3 is 0 Å². The molecule has 0 bridgehead atoms. The van der Waals surface area contributed by atoms with Gasteiger partial charge < -0.3 is 10.1 Å². The van der Waals surface area contributed by atoms with E-state index in [-0.39, 0.29) is 12.5 Å². The number of aryl methyl sites for hydroxylation is 4. The zero-order valence-electron chi connectivity index (χ0n) is 17.3. The molecule has 1 N–H and O–H groups in total. The van der Waals surface area contributed by atoms with Crippen LogP contribution in [0.15, 0.2) is 42.5 Å². The Bertz CT molecular complexity index is 1050. The highest BCUT2D eigenvalue weighted by atomic mass is 16.5. The van der Waals surface area contributed by atoms with E-state index >= 15 is 0 Å². The van der Waals surface area contributed by atoms with Crippen molar-refractivity contribution in [2.75, 3.05) is 11.9 Å². The summed E-state index contributed by atoms with van der Waals surface area (Å²) < 4.78 is 7.66. The summed E-state index contributed by atoms with van der Waals surface area (Å²) in [5.41, 5.74) is 7.70. The third-order valence-electron chi connectivity index (χ3n) is 5.67. The van der Waals surface area contributed by atoms with Crippen LogP contribution in [-0.4, -0.2) is 22.3 Å². The number of hydrogen-bond donors (Lipinski definition) is 1. The predicted octanol–water partition coefficient (Wildman–Crippen LogP) is 4.36. The van der Waals surface area contributed by atoms with Crippen molar-refractivity contribution < 1.29 is 9.53 Å². The average Bonchev–Trinajstić information content (AvgIpc) is 3.28. The lowest BCUT2D eigenvalue weighted by Gasteiger charge is -2.10. The van der Waals surface area contributed by atoms with Gasteiger partial charge in [-0.25, -0.2) is 0 Å². The first-order valence-corrected chi connectivity index (χ1v) is 10.1. The Morgan fingerprint density at radius 1 is 1.10 bits per heavy atom. The van der Waals surface area contributed by atoms with Crippen LogP contribution in [0.1, 0.15) is 40.1 Å². The van der Waals surface area contributed by atoms with Crippen molar-refractivity contribution in [3.63, 3.8) is 0 Å². The molecule has 150 valence electrons. The Labute approximate surface area is 171 Å². The molecule has 1 amide bonds. The van der Waals surface area contributed by atoms with E-state index in [4.69, 9.17) is 4.74 Å². The van der Waals surface area contributed by atoms with E-state index < -0.39 is 0 Å². The first-order valence-electron chi connectivity index (χ1n) is 10.1. The summed E-state index contributed by atoms with van der Waals surface area (Å²) in [4.78, 5) is 12.5. The fourth-order valence-corrected chi connectivity index (χ4v) is 3.94. The second-order valence-electron chi connectivity index (χ2n) is 7.75. The molecule has 1 aromatic heterocycles. The van der Waals surface area contributed by atoms with Gasteiger partial charge in [-0.2, -0.15) is 5.10 Å². The molecule has 5 heteroatoms. The van der Waals surface area contributed by atoms with Crippen LogP contribution in [0.25, 0.3) is 0 Å². The SMILES string of the molecule is Cc1ccccc1Cn1nc(C)c(NC(=O)COc2ccc3c(c2)CCC3)c1C. The Hall–Kier alpha value is -3.08. The van der Waals surface area contributed by atoms with Crippen LogP contribution in [0.3, 0.4) is 0 Å². The number of aromatic nitrogens is 2. The number of nitrogens with one attached hydrogen (secondary N) is 1. The van der Waals surface area contributed by atoms with Crippen molar-refractivity contribution in [3.05, 3.63) is 76.1 Å². The molecule has 3 aromatic rings. The standard InChI is InChI=1S/C24H27N3O2/c1-16-7-4-5-8-21(16)14-27-18(3)24(17(2)26-27)25-23(28)15-29-22-12-11-19-9-6-10-20(19)13-22/h4-5,7-8,11-13H,6,9-10,14-15H2,1-3H3,(H,25,28). The first-order chi connectivity index (χ1) is 14.0. The summed E-state index contributed by atoms with van der Waals surface area (Å²) in [6.07, 6.45) is 3.43. The quantitative estimate of drug-likeness (QED) is 0.681. The van der Waals surface area contributed by atoms with Gasteiger partial charge in [0.15, 0.2) is 6.61 Å². The molecule has 1 heterocycles. The zero-order chi connectivity index (χ0) is 20.4. The number of benzene rings is 2. The lowest BCUT2D eigenvalue weighted by molar-refractivity contribution is -0.118. The van der Waals surface area contributed by atoms with Crippen molar-refractivity contribution in [1.29, 1.82) is 0 Å². The number of carbonyl (C=O) groups is 1. The van der Waals surface area contributed by atoms with Crippen LogP contribution < -0.4 is 10.1 Å². The Morgan fingerprint density at radius 2 is 1.90 bits per heavy atom. The van der Waals surface area contributed by atoms with Crippen molar-refractivity contribution >= 4 is 11.6 Å². The summed E-state index contributed by atoms with van der Waals surface area (Å²) >= 11 is 0. The molecule has 0 fully saturated rings. The van der Waals surface area contributed by atoms with E-state index in [1.54, 1.807) is 0 Å². The smallest absolute Gasteiger partial charge is 0.262 e. The van der Waals surface area contributed by atoms with Crippen LogP contribution in [0, 0.1) is 20.8 Å². The molecule has 0 radical (unpaired) electrons. The lowest BCUT2D eigenvalue weighted by Crippen LogP contribution is -2.21. The number of ether oxygens (including phenoxy) is 1. The normalized spacial score (nSPS) is 12.7. The van der Waals surface area contributed by atoms with Gasteiger partial charge in [0.25, 0.3) is 5.91 Å². The number of fused-ring (bicyclic) bond motifs is 1. The maximum atomic E-state index is 12.5. The minimum absolute atomic E-state index is 0.0133. The van der Waals surface area contributed by atoms with Crippen LogP contribution in [0.2, 0.25) is 0 Å². The van der Waals surface area contributed by atoms with Crippen LogP contribution in [-0.2, 0) is 24.2 Å². The number of rotatable bonds is 6. The summed E-state index contributed by atoms with van der Waals surface area (Å²) in [6, 6.07) is 14.4. The fraction of sp³-hybridized carbons (Fsp3) is 0.333. The lowest BCUT2D eigenvalue weighted by atomic mass is 10.1. The largest absolute Gasteiger partial charge is 0.484 e. The highest BCUT2D eigenvalue weighted by Crippen LogP contribution is 2.26. The highest BCUT2D eigenvalue weighted by molar-refractivity contribution is 5.93. The zero-order valence-corrected chi connectivity index (χ0v) is 17.3. The minimum atomic E-state index is -0.174. The molecular formula is C24H27N3O2. The van der Waals surface area contributed by atoms with Crippen molar-refractivity contribution in [3.8, 4) is 5.75 Å². The Morgan fingerprint density at radius 3 is 2.72 bits per heavy atom. The molecule has 1 aliphatic rings. The predicted molar refractivity (Wildman–Crippen MR) is 115 cm³/mol. The monoisotopic (exact) mass is 389 g/mol. The van der Waals surface area contributed by atoms with Gasteiger partial charge in [0.1, 0.15) is 5.75 Å². The van der Waals surface area contributed by atoms with E-state index in [0.29, 0.717) is 6.54 Å². The van der Waals surface area contributed by atoms with E-state index in [1.165, 1.54) is 28.7 Å². The van der Waals surface area contributed by atoms with Gasteiger partial charge in [-0.05, 0) is 74.4 Å². The van der Waals surface area contributed by atoms with Gasteiger partial charge in [0.2, 0.25) is 0 Å². The average molecular weight is 389 g/mol. The Balaban J connectivity index is 1.40. The van der Waals surface area contributed by atoms with Crippen molar-refractivity contribution in [2.24, 2.45) is 0 Å². The summed E-state index contributed by atoms with van der Waals surface area (Å²) in [5, 5.41) is 7.59. The number of nitrogens with zero attached hydrogens (tertiary/aromatic N) is 2. The molecule has 1 aliphatic carbocycles. The molecule has 0 unspecified atom stereocenters. The van der Waals surface area contributed by atoms with Gasteiger partial charge in [0.05, 0.1) is 23.6 Å². The van der Waals surface area contributed by atoms with Gasteiger partial charge in [-0.15, -0.1) is 0 Å². The molecule has 0 saturated carbocycles. The first kappa shape index (κ1) is 19.2. The number of hydrogen-bond acceptors (Lipinski definition) is 3. The van der Waals surface area contributed by atoms with Crippen LogP contribution in [0.4, 0.5) is 5.69 Å². The molecule has 4 rings (SSSR count). The topological polar surface area (TPSA) is 56.2 Å². The molecule has 0 atom stereocenters. The summed E-state index contributed by atoms with van der Waals surface area (Å²) in [7, 11) is 0. The Kier molecular flexibility index (Phi) is 5.38. The fourth-order valence-electron chi connectivity index (χ4n) is 3.94. The second-order valence-corrected chi connectivity index (χ2v) is 7.75. The molecule has 2 aromatic carbocycles. The van der Waals surface area contributed by atoms with E-state index in [0.717, 1.165) is 35.7 Å². The molecule has 29 heavy (non-hydrogen) atoms. The molecular weight excluding hydrogens is 362 g/mol. The number of anilines is 1. The van der Waals surface area contributed by atoms with E-state index in [1.807, 2.05) is 36.7 Å². The van der Waals surface area contributed by atoms with Crippen molar-refractivity contribution in [1.82, 2.24) is 9.78 Å². The van der Waals surface area contributed by atoms with E-state index in [2.05, 4.69) is 41.6 Å². The van der Waals surface area contributed by atoms with Gasteiger partial charge in [0, 0.05) is 0 Å². The third kappa shape index (κ3) is 4.19. The number of carbonyl (C=O) groups excluding carboxylic acids is 1. The van der Waals surface area contributed by atoms with Crippen LogP contribution in [0.5, 0.6) is 5.75 Å². The summed E-state index contributed by atoms with van der Waals surface area (Å²) in [6.45, 7) is 6.66. The second kappa shape index (κ2) is 8.11. The van der Waals surface area contributed by atoms with E-state index in [9.17, 15) is 4.79 Å². The molecule has 0 aliphatic heterocycles. The van der Waals surface area contributed by atoms with Gasteiger partial charge in [-0.3, -0.25) is 9.48 Å². The molecule has 0 spiro atoms. The summed E-state index contributed by atoms with van der Waals surface area (Å²) in [5.74, 6) is 0.580. The maximum absolute atomic E-state index is 12.5. The van der Waals surface area contributed by atoms with Crippen LogP contribution >= 0.6 is 0 Å².